The Bertz CT molecular complexity index is 900. The molecule has 27 heavy (non-hydrogen) atoms. The SMILES string of the molecule is CS(=O)(=O)N(CC(=O)N1CCN(c2ccncc2)CC1)c1cccc(Cl)c1. The van der Waals surface area contributed by atoms with Gasteiger partial charge in [0.15, 0.2) is 0 Å². The molecule has 1 fully saturated rings. The first kappa shape index (κ1) is 19.4. The zero-order chi connectivity index (χ0) is 19.4. The van der Waals surface area contributed by atoms with Crippen molar-refractivity contribution in [2.45, 2.75) is 0 Å². The number of hydrogen-bond donors (Lipinski definition) is 0. The summed E-state index contributed by atoms with van der Waals surface area (Å²) in [4.78, 5) is 20.6. The predicted molar refractivity (Wildman–Crippen MR) is 107 cm³/mol. The monoisotopic (exact) mass is 408 g/mol. The number of anilines is 2. The fourth-order valence-corrected chi connectivity index (χ4v) is 4.05. The Morgan fingerprint density at radius 3 is 2.41 bits per heavy atom. The Labute approximate surface area is 164 Å². The number of hydrogen-bond acceptors (Lipinski definition) is 5. The molecule has 1 saturated heterocycles. The summed E-state index contributed by atoms with van der Waals surface area (Å²) in [6.45, 7) is 2.20. The van der Waals surface area contributed by atoms with Crippen molar-refractivity contribution in [3.63, 3.8) is 0 Å². The number of rotatable bonds is 5. The third-order valence-corrected chi connectivity index (χ3v) is 5.81. The maximum Gasteiger partial charge on any atom is 0.243 e. The molecule has 0 saturated carbocycles. The number of sulfonamides is 1. The highest BCUT2D eigenvalue weighted by Crippen LogP contribution is 2.22. The van der Waals surface area contributed by atoms with E-state index in [1.54, 1.807) is 35.5 Å². The second-order valence-corrected chi connectivity index (χ2v) is 8.67. The van der Waals surface area contributed by atoms with Crippen LogP contribution in [0.5, 0.6) is 0 Å². The zero-order valence-corrected chi connectivity index (χ0v) is 16.5. The minimum Gasteiger partial charge on any atom is -0.368 e. The summed E-state index contributed by atoms with van der Waals surface area (Å²) in [5.74, 6) is -0.227. The summed E-state index contributed by atoms with van der Waals surface area (Å²) >= 11 is 5.97. The minimum absolute atomic E-state index is 0.227. The summed E-state index contributed by atoms with van der Waals surface area (Å²) < 4.78 is 25.5. The van der Waals surface area contributed by atoms with Crippen molar-refractivity contribution in [3.8, 4) is 0 Å². The van der Waals surface area contributed by atoms with Gasteiger partial charge in [-0.3, -0.25) is 14.1 Å². The molecule has 0 N–H and O–H groups in total. The Kier molecular flexibility index (Phi) is 5.86. The largest absolute Gasteiger partial charge is 0.368 e. The molecule has 0 spiro atoms. The van der Waals surface area contributed by atoms with Gasteiger partial charge in [-0.15, -0.1) is 0 Å². The molecule has 0 radical (unpaired) electrons. The quantitative estimate of drug-likeness (QED) is 0.754. The van der Waals surface area contributed by atoms with E-state index in [-0.39, 0.29) is 12.5 Å². The van der Waals surface area contributed by atoms with Gasteiger partial charge in [0, 0.05) is 49.3 Å². The van der Waals surface area contributed by atoms with E-state index in [1.807, 2.05) is 12.1 Å². The van der Waals surface area contributed by atoms with Crippen molar-refractivity contribution in [2.24, 2.45) is 0 Å². The normalized spacial score (nSPS) is 14.9. The van der Waals surface area contributed by atoms with E-state index in [0.717, 1.165) is 16.2 Å². The van der Waals surface area contributed by atoms with Crippen LogP contribution in [0.15, 0.2) is 48.8 Å². The molecule has 0 bridgehead atoms. The zero-order valence-electron chi connectivity index (χ0n) is 15.0. The summed E-state index contributed by atoms with van der Waals surface area (Å²) in [7, 11) is -3.61. The lowest BCUT2D eigenvalue weighted by Gasteiger charge is -2.37. The van der Waals surface area contributed by atoms with E-state index in [9.17, 15) is 13.2 Å². The maximum atomic E-state index is 12.7. The Hall–Kier alpha value is -2.32. The molecule has 2 aromatic rings. The molecule has 1 amide bonds. The van der Waals surface area contributed by atoms with Gasteiger partial charge in [0.1, 0.15) is 6.54 Å². The van der Waals surface area contributed by atoms with Gasteiger partial charge in [0.25, 0.3) is 0 Å². The molecule has 3 rings (SSSR count). The van der Waals surface area contributed by atoms with E-state index < -0.39 is 10.0 Å². The Morgan fingerprint density at radius 2 is 1.81 bits per heavy atom. The van der Waals surface area contributed by atoms with Crippen LogP contribution >= 0.6 is 11.6 Å². The van der Waals surface area contributed by atoms with Crippen LogP contribution in [0.25, 0.3) is 0 Å². The molecule has 0 aliphatic carbocycles. The number of amides is 1. The van der Waals surface area contributed by atoms with Gasteiger partial charge in [-0.05, 0) is 30.3 Å². The molecule has 7 nitrogen and oxygen atoms in total. The fourth-order valence-electron chi connectivity index (χ4n) is 3.02. The van der Waals surface area contributed by atoms with E-state index in [2.05, 4.69) is 9.88 Å². The van der Waals surface area contributed by atoms with Crippen LogP contribution in [-0.4, -0.2) is 63.2 Å². The summed E-state index contributed by atoms with van der Waals surface area (Å²) in [6.07, 6.45) is 4.56. The lowest BCUT2D eigenvalue weighted by atomic mass is 10.2. The second-order valence-electron chi connectivity index (χ2n) is 6.32. The molecule has 0 unspecified atom stereocenters. The van der Waals surface area contributed by atoms with Crippen molar-refractivity contribution in [3.05, 3.63) is 53.8 Å². The van der Waals surface area contributed by atoms with Crippen LogP contribution in [0.3, 0.4) is 0 Å². The van der Waals surface area contributed by atoms with E-state index in [0.29, 0.717) is 36.9 Å². The van der Waals surface area contributed by atoms with Gasteiger partial charge >= 0.3 is 0 Å². The van der Waals surface area contributed by atoms with Crippen molar-refractivity contribution in [2.75, 3.05) is 48.2 Å². The highest BCUT2D eigenvalue weighted by molar-refractivity contribution is 7.92. The number of nitrogens with zero attached hydrogens (tertiary/aromatic N) is 4. The van der Waals surface area contributed by atoms with Gasteiger partial charge in [0.2, 0.25) is 15.9 Å². The number of halogens is 1. The topological polar surface area (TPSA) is 73.8 Å². The predicted octanol–water partition coefficient (Wildman–Crippen LogP) is 1.85. The fraction of sp³-hybridized carbons (Fsp3) is 0.333. The Morgan fingerprint density at radius 1 is 1.15 bits per heavy atom. The molecule has 1 aliphatic rings. The average Bonchev–Trinajstić information content (AvgIpc) is 2.66. The highest BCUT2D eigenvalue weighted by Gasteiger charge is 2.26. The lowest BCUT2D eigenvalue weighted by Crippen LogP contribution is -2.52. The van der Waals surface area contributed by atoms with E-state index in [4.69, 9.17) is 11.6 Å². The summed E-state index contributed by atoms with van der Waals surface area (Å²) in [6, 6.07) is 10.3. The van der Waals surface area contributed by atoms with E-state index >= 15 is 0 Å². The third-order valence-electron chi connectivity index (χ3n) is 4.44. The average molecular weight is 409 g/mol. The minimum atomic E-state index is -3.61. The molecule has 2 heterocycles. The van der Waals surface area contributed by atoms with E-state index in [1.165, 1.54) is 6.07 Å². The van der Waals surface area contributed by atoms with Crippen LogP contribution < -0.4 is 9.21 Å². The third kappa shape index (κ3) is 4.90. The van der Waals surface area contributed by atoms with Crippen molar-refractivity contribution >= 4 is 38.9 Å². The van der Waals surface area contributed by atoms with Gasteiger partial charge in [-0.1, -0.05) is 17.7 Å². The highest BCUT2D eigenvalue weighted by atomic mass is 35.5. The smallest absolute Gasteiger partial charge is 0.243 e. The second kappa shape index (κ2) is 8.14. The van der Waals surface area contributed by atoms with Gasteiger partial charge < -0.3 is 9.80 Å². The van der Waals surface area contributed by atoms with Crippen LogP contribution in [-0.2, 0) is 14.8 Å². The number of piperazine rings is 1. The molecular weight excluding hydrogens is 388 g/mol. The Balaban J connectivity index is 1.67. The summed E-state index contributed by atoms with van der Waals surface area (Å²) in [5.41, 5.74) is 1.45. The van der Waals surface area contributed by atoms with Gasteiger partial charge in [-0.25, -0.2) is 8.42 Å². The molecular formula is C18H21ClN4O3S. The molecule has 144 valence electrons. The number of carbonyl (C=O) groups is 1. The molecule has 1 aliphatic heterocycles. The number of pyridine rings is 1. The molecule has 0 atom stereocenters. The van der Waals surface area contributed by atoms with Crippen molar-refractivity contribution in [1.29, 1.82) is 0 Å². The van der Waals surface area contributed by atoms with Gasteiger partial charge in [-0.2, -0.15) is 0 Å². The van der Waals surface area contributed by atoms with Crippen molar-refractivity contribution < 1.29 is 13.2 Å². The van der Waals surface area contributed by atoms with Crippen molar-refractivity contribution in [1.82, 2.24) is 9.88 Å². The lowest BCUT2D eigenvalue weighted by molar-refractivity contribution is -0.129. The maximum absolute atomic E-state index is 12.7. The molecule has 9 heteroatoms. The first-order valence-electron chi connectivity index (χ1n) is 8.50. The number of aromatic nitrogens is 1. The number of carbonyl (C=O) groups excluding carboxylic acids is 1. The standard InChI is InChI=1S/C18H21ClN4O3S/c1-27(25,26)23(17-4-2-3-15(19)13-17)14-18(24)22-11-9-21(10-12-22)16-5-7-20-8-6-16/h2-8,13H,9-12,14H2,1H3. The molecule has 1 aromatic carbocycles. The van der Waals surface area contributed by atoms with Crippen LogP contribution in [0, 0.1) is 0 Å². The van der Waals surface area contributed by atoms with Gasteiger partial charge in [0.05, 0.1) is 11.9 Å². The van der Waals surface area contributed by atoms with Crippen LogP contribution in [0.4, 0.5) is 11.4 Å². The summed E-state index contributed by atoms with van der Waals surface area (Å²) in [5, 5.41) is 0.416. The molecule has 1 aromatic heterocycles. The first-order valence-corrected chi connectivity index (χ1v) is 10.7. The van der Waals surface area contributed by atoms with Crippen LogP contribution in [0.2, 0.25) is 5.02 Å². The first-order chi connectivity index (χ1) is 12.8. The number of benzene rings is 1. The van der Waals surface area contributed by atoms with Crippen LogP contribution in [0.1, 0.15) is 0 Å².